The lowest BCUT2D eigenvalue weighted by molar-refractivity contribution is -0.155. The minimum Gasteiger partial charge on any atom is -0.507 e. The van der Waals surface area contributed by atoms with E-state index in [0.29, 0.717) is 32.2 Å². The van der Waals surface area contributed by atoms with E-state index in [9.17, 15) is 24.6 Å². The Bertz CT molecular complexity index is 738. The predicted molar refractivity (Wildman–Crippen MR) is 111 cm³/mol. The van der Waals surface area contributed by atoms with Gasteiger partial charge in [-0.25, -0.2) is 4.79 Å². The van der Waals surface area contributed by atoms with E-state index >= 15 is 0 Å². The first kappa shape index (κ1) is 23.7. The number of aromatic hydroxyl groups is 1. The molecule has 3 atom stereocenters. The number of phenolic OH excluding ortho intramolecular Hbond substituents is 1. The summed E-state index contributed by atoms with van der Waals surface area (Å²) in [4.78, 5) is 37.9. The molecule has 4 N–H and O–H groups in total. The van der Waals surface area contributed by atoms with Crippen molar-refractivity contribution in [2.45, 2.75) is 76.5 Å². The Morgan fingerprint density at radius 1 is 1.17 bits per heavy atom. The zero-order valence-corrected chi connectivity index (χ0v) is 17.5. The van der Waals surface area contributed by atoms with E-state index in [-0.39, 0.29) is 23.3 Å². The number of benzene rings is 1. The maximum absolute atomic E-state index is 12.9. The summed E-state index contributed by atoms with van der Waals surface area (Å²) in [6.07, 6.45) is 3.97. The van der Waals surface area contributed by atoms with Crippen LogP contribution < -0.4 is 5.73 Å². The lowest BCUT2D eigenvalue weighted by Crippen LogP contribution is -2.49. The second kappa shape index (κ2) is 11.5. The maximum Gasteiger partial charge on any atom is 0.329 e. The van der Waals surface area contributed by atoms with E-state index in [1.807, 2.05) is 6.92 Å². The van der Waals surface area contributed by atoms with E-state index in [2.05, 4.69) is 0 Å². The Kier molecular flexibility index (Phi) is 9.11. The highest BCUT2D eigenvalue weighted by Gasteiger charge is 2.35. The highest BCUT2D eigenvalue weighted by molar-refractivity contribution is 5.99. The Morgan fingerprint density at radius 2 is 1.87 bits per heavy atom. The van der Waals surface area contributed by atoms with Crippen molar-refractivity contribution in [3.8, 4) is 5.75 Å². The van der Waals surface area contributed by atoms with Crippen molar-refractivity contribution in [2.24, 2.45) is 5.73 Å². The molecule has 0 spiro atoms. The van der Waals surface area contributed by atoms with Gasteiger partial charge in [-0.3, -0.25) is 9.59 Å². The Labute approximate surface area is 177 Å². The molecule has 0 saturated carbocycles. The first-order valence-corrected chi connectivity index (χ1v) is 10.6. The fraction of sp³-hybridized carbons (Fsp3) is 0.591. The van der Waals surface area contributed by atoms with Crippen molar-refractivity contribution >= 4 is 17.8 Å². The summed E-state index contributed by atoms with van der Waals surface area (Å²) < 4.78 is 5.58. The van der Waals surface area contributed by atoms with Crippen LogP contribution in [-0.4, -0.2) is 57.7 Å². The first-order chi connectivity index (χ1) is 14.3. The van der Waals surface area contributed by atoms with Gasteiger partial charge in [-0.2, -0.15) is 0 Å². The molecule has 8 heteroatoms. The van der Waals surface area contributed by atoms with Gasteiger partial charge in [0.15, 0.2) is 0 Å². The van der Waals surface area contributed by atoms with E-state index < -0.39 is 24.0 Å². The van der Waals surface area contributed by atoms with Gasteiger partial charge in [0.2, 0.25) is 5.91 Å². The molecule has 1 aliphatic heterocycles. The molecular weight excluding hydrogens is 388 g/mol. The molecule has 1 aromatic rings. The molecular formula is C22H32N2O6. The van der Waals surface area contributed by atoms with E-state index in [1.165, 1.54) is 11.0 Å². The van der Waals surface area contributed by atoms with Crippen LogP contribution in [0.4, 0.5) is 0 Å². The lowest BCUT2D eigenvalue weighted by Gasteiger charge is -2.34. The standard InChI is InChI=1S/C22H32N2O6/c1-15(9-3-2-4-13-19(26)20(23)27)30-22(29)17-11-7-8-14-24(17)21(28)16-10-5-6-12-18(16)25/h5-6,10,12,15,17,19,25-26H,2-4,7-9,11,13-14H2,1H3,(H2,23,27)/t15-,17+,19-/m1/s1. The van der Waals surface area contributed by atoms with Crippen LogP contribution in [0.5, 0.6) is 5.75 Å². The number of para-hydroxylation sites is 1. The zero-order chi connectivity index (χ0) is 22.1. The van der Waals surface area contributed by atoms with Gasteiger partial charge in [-0.1, -0.05) is 25.0 Å². The quantitative estimate of drug-likeness (QED) is 0.393. The van der Waals surface area contributed by atoms with E-state index in [0.717, 1.165) is 25.7 Å². The van der Waals surface area contributed by atoms with Crippen LogP contribution in [0.1, 0.15) is 68.6 Å². The van der Waals surface area contributed by atoms with E-state index in [1.54, 1.807) is 18.2 Å². The van der Waals surface area contributed by atoms with Crippen LogP contribution in [0.25, 0.3) is 0 Å². The van der Waals surface area contributed by atoms with Crippen molar-refractivity contribution in [3.63, 3.8) is 0 Å². The number of aliphatic hydroxyl groups is 1. The number of hydrogen-bond acceptors (Lipinski definition) is 6. The average Bonchev–Trinajstić information content (AvgIpc) is 2.73. The molecule has 0 aliphatic carbocycles. The summed E-state index contributed by atoms with van der Waals surface area (Å²) in [7, 11) is 0. The van der Waals surface area contributed by atoms with Crippen LogP contribution in [-0.2, 0) is 14.3 Å². The molecule has 0 bridgehead atoms. The molecule has 0 radical (unpaired) electrons. The summed E-state index contributed by atoms with van der Waals surface area (Å²) in [5.74, 6) is -1.60. The van der Waals surface area contributed by atoms with Crippen molar-refractivity contribution in [1.82, 2.24) is 4.90 Å². The number of piperidine rings is 1. The largest absolute Gasteiger partial charge is 0.507 e. The summed E-state index contributed by atoms with van der Waals surface area (Å²) in [5, 5.41) is 19.4. The topological polar surface area (TPSA) is 130 Å². The molecule has 0 unspecified atom stereocenters. The second-order valence-corrected chi connectivity index (χ2v) is 7.83. The number of amides is 2. The third kappa shape index (κ3) is 6.73. The van der Waals surface area contributed by atoms with Gasteiger partial charge in [0, 0.05) is 6.54 Å². The summed E-state index contributed by atoms with van der Waals surface area (Å²) in [6, 6.07) is 5.67. The summed E-state index contributed by atoms with van der Waals surface area (Å²) in [6.45, 7) is 2.26. The average molecular weight is 421 g/mol. The third-order valence-electron chi connectivity index (χ3n) is 5.40. The Balaban J connectivity index is 1.84. The van der Waals surface area contributed by atoms with Gasteiger partial charge in [-0.15, -0.1) is 0 Å². The van der Waals surface area contributed by atoms with Crippen LogP contribution in [0, 0.1) is 0 Å². The molecule has 2 rings (SSSR count). The van der Waals surface area contributed by atoms with Gasteiger partial charge in [-0.05, 0) is 57.6 Å². The van der Waals surface area contributed by atoms with Crippen LogP contribution in [0.15, 0.2) is 24.3 Å². The number of hydrogen-bond donors (Lipinski definition) is 3. The van der Waals surface area contributed by atoms with Crippen LogP contribution in [0.2, 0.25) is 0 Å². The number of esters is 1. The van der Waals surface area contributed by atoms with Crippen LogP contribution in [0.3, 0.4) is 0 Å². The Hall–Kier alpha value is -2.61. The van der Waals surface area contributed by atoms with E-state index in [4.69, 9.17) is 10.5 Å². The molecule has 1 saturated heterocycles. The number of unbranched alkanes of at least 4 members (excludes halogenated alkanes) is 2. The second-order valence-electron chi connectivity index (χ2n) is 7.83. The first-order valence-electron chi connectivity index (χ1n) is 10.6. The number of rotatable bonds is 10. The molecule has 8 nitrogen and oxygen atoms in total. The number of nitrogens with two attached hydrogens (primary N) is 1. The van der Waals surface area contributed by atoms with Crippen molar-refractivity contribution in [2.75, 3.05) is 6.54 Å². The predicted octanol–water partition coefficient (Wildman–Crippen LogP) is 2.12. The fourth-order valence-corrected chi connectivity index (χ4v) is 3.65. The molecule has 1 aromatic carbocycles. The van der Waals surface area contributed by atoms with Gasteiger partial charge >= 0.3 is 5.97 Å². The van der Waals surface area contributed by atoms with Crippen molar-refractivity contribution < 1.29 is 29.3 Å². The van der Waals surface area contributed by atoms with Crippen molar-refractivity contribution in [1.29, 1.82) is 0 Å². The molecule has 166 valence electrons. The van der Waals surface area contributed by atoms with Crippen LogP contribution >= 0.6 is 0 Å². The highest BCUT2D eigenvalue weighted by Crippen LogP contribution is 2.25. The number of ether oxygens (including phenoxy) is 1. The number of primary amides is 1. The SMILES string of the molecule is C[C@H](CCCCC[C@@H](O)C(N)=O)OC(=O)[C@@H]1CCCCN1C(=O)c1ccccc1O. The molecule has 0 aromatic heterocycles. The lowest BCUT2D eigenvalue weighted by atomic mass is 10.0. The fourth-order valence-electron chi connectivity index (χ4n) is 3.65. The molecule has 30 heavy (non-hydrogen) atoms. The highest BCUT2D eigenvalue weighted by atomic mass is 16.5. The smallest absolute Gasteiger partial charge is 0.329 e. The summed E-state index contributed by atoms with van der Waals surface area (Å²) >= 11 is 0. The third-order valence-corrected chi connectivity index (χ3v) is 5.40. The normalized spacial score (nSPS) is 18.5. The number of phenols is 1. The number of carbonyl (C=O) groups excluding carboxylic acids is 3. The molecule has 2 amide bonds. The number of carbonyl (C=O) groups is 3. The number of nitrogens with zero attached hydrogens (tertiary/aromatic N) is 1. The van der Waals surface area contributed by atoms with Gasteiger partial charge < -0.3 is 25.6 Å². The minimum absolute atomic E-state index is 0.102. The maximum atomic E-state index is 12.9. The zero-order valence-electron chi connectivity index (χ0n) is 17.5. The van der Waals surface area contributed by atoms with Gasteiger partial charge in [0.1, 0.15) is 17.9 Å². The minimum atomic E-state index is -1.11. The monoisotopic (exact) mass is 420 g/mol. The number of likely N-dealkylation sites (tertiary alicyclic amines) is 1. The molecule has 1 aliphatic rings. The van der Waals surface area contributed by atoms with Gasteiger partial charge in [0.25, 0.3) is 5.91 Å². The van der Waals surface area contributed by atoms with Gasteiger partial charge in [0.05, 0.1) is 11.7 Å². The van der Waals surface area contributed by atoms with Crippen molar-refractivity contribution in [3.05, 3.63) is 29.8 Å². The molecule has 1 heterocycles. The number of aliphatic hydroxyl groups excluding tert-OH is 1. The molecule has 1 fully saturated rings. The Morgan fingerprint density at radius 3 is 2.57 bits per heavy atom. The summed E-state index contributed by atoms with van der Waals surface area (Å²) in [5.41, 5.74) is 5.20.